The first-order valence-corrected chi connectivity index (χ1v) is 6.17. The zero-order valence-electron chi connectivity index (χ0n) is 8.99. The van der Waals surface area contributed by atoms with Crippen molar-refractivity contribution in [3.63, 3.8) is 0 Å². The Morgan fingerprint density at radius 1 is 1.29 bits per heavy atom. The van der Waals surface area contributed by atoms with E-state index >= 15 is 0 Å². The molecule has 0 saturated carbocycles. The number of allylic oxidation sites excluding steroid dienone is 1. The van der Waals surface area contributed by atoms with E-state index in [1.54, 1.807) is 0 Å². The van der Waals surface area contributed by atoms with Gasteiger partial charge in [0.15, 0.2) is 0 Å². The van der Waals surface area contributed by atoms with Crippen LogP contribution in [0.15, 0.2) is 35.2 Å². The zero-order chi connectivity index (χ0) is 10.2. The molecule has 0 saturated heterocycles. The largest absolute Gasteiger partial charge is 0.131 e. The molecule has 0 fully saturated rings. The Hall–Kier alpha value is -0.690. The Bertz CT molecular complexity index is 275. The fraction of sp³-hybridized carbons (Fsp3) is 0.385. The molecule has 0 N–H and O–H groups in total. The van der Waals surface area contributed by atoms with Gasteiger partial charge in [0.05, 0.1) is 0 Å². The molecule has 0 aliphatic heterocycles. The van der Waals surface area contributed by atoms with Gasteiger partial charge in [-0.3, -0.25) is 0 Å². The molecule has 0 aromatic heterocycles. The van der Waals surface area contributed by atoms with Gasteiger partial charge >= 0.3 is 0 Å². The Morgan fingerprint density at radius 3 is 2.64 bits per heavy atom. The monoisotopic (exact) mass is 206 g/mol. The van der Waals surface area contributed by atoms with Crippen LogP contribution in [0.2, 0.25) is 0 Å². The van der Waals surface area contributed by atoms with Crippen LogP contribution in [0.25, 0.3) is 6.08 Å². The minimum atomic E-state index is 1.24. The molecule has 76 valence electrons. The number of hydrogen-bond donors (Lipinski definition) is 0. The third-order valence-corrected chi connectivity index (χ3v) is 3.06. The fourth-order valence-corrected chi connectivity index (χ4v) is 2.18. The maximum Gasteiger partial charge on any atom is -0.00234 e. The summed E-state index contributed by atoms with van der Waals surface area (Å²) in [5.41, 5.74) is 1.30. The molecule has 0 unspecified atom stereocenters. The maximum atomic E-state index is 2.25. The van der Waals surface area contributed by atoms with Crippen LogP contribution in [0.4, 0.5) is 0 Å². The van der Waals surface area contributed by atoms with Crippen molar-refractivity contribution >= 4 is 17.8 Å². The molecule has 0 heterocycles. The van der Waals surface area contributed by atoms with E-state index < -0.39 is 0 Å². The summed E-state index contributed by atoms with van der Waals surface area (Å²) >= 11 is 1.96. The summed E-state index contributed by atoms with van der Waals surface area (Å²) < 4.78 is 0. The molecule has 1 rings (SSSR count). The van der Waals surface area contributed by atoms with Crippen LogP contribution in [0.5, 0.6) is 0 Å². The molecule has 1 aromatic carbocycles. The van der Waals surface area contributed by atoms with Crippen LogP contribution in [0.1, 0.15) is 32.3 Å². The molecule has 0 bridgehead atoms. The quantitative estimate of drug-likeness (QED) is 0.635. The van der Waals surface area contributed by atoms with Crippen LogP contribution in [-0.4, -0.2) is 5.75 Å². The van der Waals surface area contributed by atoms with E-state index in [1.165, 1.54) is 29.1 Å². The number of benzene rings is 1. The average molecular weight is 206 g/mol. The molecule has 0 spiro atoms. The van der Waals surface area contributed by atoms with Crippen LogP contribution >= 0.6 is 11.8 Å². The van der Waals surface area contributed by atoms with E-state index in [0.717, 1.165) is 0 Å². The fourth-order valence-electron chi connectivity index (χ4n) is 1.20. The second kappa shape index (κ2) is 6.72. The van der Waals surface area contributed by atoms with Gasteiger partial charge in [0, 0.05) is 0 Å². The highest BCUT2D eigenvalue weighted by Gasteiger charge is 1.91. The van der Waals surface area contributed by atoms with E-state index in [-0.39, 0.29) is 0 Å². The predicted octanol–water partition coefficient (Wildman–Crippen LogP) is 4.58. The minimum absolute atomic E-state index is 1.24. The van der Waals surface area contributed by atoms with E-state index in [2.05, 4.69) is 50.3 Å². The van der Waals surface area contributed by atoms with E-state index in [9.17, 15) is 0 Å². The second-order valence-corrected chi connectivity index (χ2v) is 4.71. The molecule has 1 aromatic rings. The lowest BCUT2D eigenvalue weighted by Crippen LogP contribution is -1.78. The maximum absolute atomic E-state index is 2.25. The molecule has 0 atom stereocenters. The summed E-state index contributed by atoms with van der Waals surface area (Å²) in [6.45, 7) is 4.42. The molecule has 0 aliphatic carbocycles. The van der Waals surface area contributed by atoms with Gasteiger partial charge in [-0.1, -0.05) is 43.7 Å². The van der Waals surface area contributed by atoms with Gasteiger partial charge < -0.3 is 0 Å². The Labute approximate surface area is 91.4 Å². The van der Waals surface area contributed by atoms with E-state index in [0.29, 0.717) is 0 Å². The lowest BCUT2D eigenvalue weighted by molar-refractivity contribution is 0.897. The molecular weight excluding hydrogens is 188 g/mol. The molecule has 1 heteroatoms. The third-order valence-electron chi connectivity index (χ3n) is 2.00. The Balaban J connectivity index is 2.43. The standard InChI is InChI=1S/C13H18S/c1-3-4-10-14-12(2)11-13-8-6-5-7-9-13/h5-9,11H,3-4,10H2,1-2H3/b12-11+. The summed E-state index contributed by atoms with van der Waals surface area (Å²) in [6, 6.07) is 10.5. The highest BCUT2D eigenvalue weighted by Crippen LogP contribution is 2.19. The summed E-state index contributed by atoms with van der Waals surface area (Å²) in [5.74, 6) is 1.24. The van der Waals surface area contributed by atoms with Gasteiger partial charge in [-0.25, -0.2) is 0 Å². The average Bonchev–Trinajstić information content (AvgIpc) is 2.20. The topological polar surface area (TPSA) is 0 Å². The van der Waals surface area contributed by atoms with Gasteiger partial charge in [0.2, 0.25) is 0 Å². The minimum Gasteiger partial charge on any atom is -0.131 e. The SMILES string of the molecule is CCCCS/C(C)=C/c1ccccc1. The smallest absolute Gasteiger partial charge is 0.00234 e. The van der Waals surface area contributed by atoms with Crippen LogP contribution in [-0.2, 0) is 0 Å². The Kier molecular flexibility index (Phi) is 5.46. The number of thioether (sulfide) groups is 1. The van der Waals surface area contributed by atoms with Crippen molar-refractivity contribution in [2.75, 3.05) is 5.75 Å². The lowest BCUT2D eigenvalue weighted by atomic mass is 10.2. The lowest BCUT2D eigenvalue weighted by Gasteiger charge is -2.00. The number of unbranched alkanes of at least 4 members (excludes halogenated alkanes) is 1. The van der Waals surface area contributed by atoms with Crippen molar-refractivity contribution < 1.29 is 0 Å². The predicted molar refractivity (Wildman–Crippen MR) is 67.5 cm³/mol. The van der Waals surface area contributed by atoms with Crippen molar-refractivity contribution in [1.29, 1.82) is 0 Å². The molecule has 0 aliphatic rings. The van der Waals surface area contributed by atoms with Crippen molar-refractivity contribution in [2.24, 2.45) is 0 Å². The summed E-state index contributed by atoms with van der Waals surface area (Å²) in [4.78, 5) is 1.41. The molecule has 0 radical (unpaired) electrons. The Morgan fingerprint density at radius 2 is 2.00 bits per heavy atom. The first kappa shape index (κ1) is 11.4. The first-order chi connectivity index (χ1) is 6.83. The first-order valence-electron chi connectivity index (χ1n) is 5.19. The molecule has 0 nitrogen and oxygen atoms in total. The summed E-state index contributed by atoms with van der Waals surface area (Å²) in [6.07, 6.45) is 4.84. The number of rotatable bonds is 5. The summed E-state index contributed by atoms with van der Waals surface area (Å²) in [7, 11) is 0. The molecule has 0 amide bonds. The molecular formula is C13H18S. The van der Waals surface area contributed by atoms with Gasteiger partial charge in [0.1, 0.15) is 0 Å². The van der Waals surface area contributed by atoms with Crippen LogP contribution < -0.4 is 0 Å². The van der Waals surface area contributed by atoms with Crippen LogP contribution in [0, 0.1) is 0 Å². The van der Waals surface area contributed by atoms with Gasteiger partial charge in [-0.2, -0.15) is 0 Å². The van der Waals surface area contributed by atoms with Gasteiger partial charge in [0.25, 0.3) is 0 Å². The van der Waals surface area contributed by atoms with Gasteiger partial charge in [-0.15, -0.1) is 11.8 Å². The van der Waals surface area contributed by atoms with Crippen LogP contribution in [0.3, 0.4) is 0 Å². The van der Waals surface area contributed by atoms with Crippen molar-refractivity contribution in [3.8, 4) is 0 Å². The van der Waals surface area contributed by atoms with Gasteiger partial charge in [-0.05, 0) is 35.6 Å². The normalized spacial score (nSPS) is 11.7. The second-order valence-electron chi connectivity index (χ2n) is 3.37. The highest BCUT2D eigenvalue weighted by atomic mass is 32.2. The molecule has 14 heavy (non-hydrogen) atoms. The third kappa shape index (κ3) is 4.52. The number of hydrogen-bond acceptors (Lipinski definition) is 1. The summed E-state index contributed by atoms with van der Waals surface area (Å²) in [5, 5.41) is 0. The van der Waals surface area contributed by atoms with Crippen molar-refractivity contribution in [3.05, 3.63) is 40.8 Å². The zero-order valence-corrected chi connectivity index (χ0v) is 9.81. The highest BCUT2D eigenvalue weighted by molar-refractivity contribution is 8.03. The van der Waals surface area contributed by atoms with Crippen molar-refractivity contribution in [2.45, 2.75) is 26.7 Å². The van der Waals surface area contributed by atoms with E-state index in [4.69, 9.17) is 0 Å². The van der Waals surface area contributed by atoms with E-state index in [1.807, 2.05) is 11.8 Å². The van der Waals surface area contributed by atoms with Crippen molar-refractivity contribution in [1.82, 2.24) is 0 Å².